The van der Waals surface area contributed by atoms with Gasteiger partial charge in [-0.05, 0) is 30.7 Å². The minimum atomic E-state index is -0.314. The second-order valence-corrected chi connectivity index (χ2v) is 5.92. The number of amides is 3. The van der Waals surface area contributed by atoms with Gasteiger partial charge in [0.05, 0.1) is 23.9 Å². The molecule has 0 unspecified atom stereocenters. The third-order valence-electron chi connectivity index (χ3n) is 4.16. The number of hydrogen-bond donors (Lipinski definition) is 2. The fourth-order valence-corrected chi connectivity index (χ4v) is 2.86. The number of fused-ring (bicyclic) bond motifs is 1. The number of nitrogen functional groups attached to an aromatic ring is 1. The second kappa shape index (κ2) is 7.26. The lowest BCUT2D eigenvalue weighted by atomic mass is 10.1. The number of nitrogens with one attached hydrogen (secondary N) is 1. The molecule has 0 fully saturated rings. The number of imide groups is 1. The lowest BCUT2D eigenvalue weighted by molar-refractivity contribution is -0.116. The molecule has 3 amide bonds. The third-order valence-corrected chi connectivity index (χ3v) is 4.16. The van der Waals surface area contributed by atoms with E-state index in [1.165, 1.54) is 12.0 Å². The number of hydrogen-bond acceptors (Lipinski definition) is 5. The lowest BCUT2D eigenvalue weighted by Gasteiger charge is -2.14. The van der Waals surface area contributed by atoms with E-state index in [1.807, 2.05) is 0 Å². The topological polar surface area (TPSA) is 102 Å². The highest BCUT2D eigenvalue weighted by Gasteiger charge is 2.34. The molecule has 3 N–H and O–H groups in total. The van der Waals surface area contributed by atoms with Crippen LogP contribution < -0.4 is 15.8 Å². The number of carbonyl (C=O) groups excluding carboxylic acids is 3. The molecule has 2 aromatic carbocycles. The molecule has 2 aromatic rings. The van der Waals surface area contributed by atoms with Gasteiger partial charge >= 0.3 is 0 Å². The summed E-state index contributed by atoms with van der Waals surface area (Å²) < 4.78 is 5.18. The molecule has 1 heterocycles. The molecule has 7 heteroatoms. The van der Waals surface area contributed by atoms with Crippen LogP contribution in [0, 0.1) is 0 Å². The minimum Gasteiger partial charge on any atom is -0.494 e. The second-order valence-electron chi connectivity index (χ2n) is 5.92. The average molecular weight is 353 g/mol. The van der Waals surface area contributed by atoms with Crippen molar-refractivity contribution in [2.24, 2.45) is 0 Å². The standard InChI is InChI=1S/C19H19N3O4/c1-26-16-11-12(20)8-9-15(16)21-17(23)7-4-10-22-18(24)13-5-2-3-6-14(13)19(22)25/h2-3,5-6,8-9,11H,4,7,10,20H2,1H3,(H,21,23). The van der Waals surface area contributed by atoms with Crippen molar-refractivity contribution in [1.29, 1.82) is 0 Å². The Morgan fingerprint density at radius 1 is 1.12 bits per heavy atom. The van der Waals surface area contributed by atoms with Gasteiger partial charge in [-0.3, -0.25) is 19.3 Å². The largest absolute Gasteiger partial charge is 0.494 e. The summed E-state index contributed by atoms with van der Waals surface area (Å²) in [5.74, 6) is -0.388. The van der Waals surface area contributed by atoms with Gasteiger partial charge in [0.15, 0.2) is 0 Å². The normalized spacial score (nSPS) is 12.9. The van der Waals surface area contributed by atoms with E-state index < -0.39 is 0 Å². The maximum Gasteiger partial charge on any atom is 0.261 e. The number of ether oxygens (including phenoxy) is 1. The predicted molar refractivity (Wildman–Crippen MR) is 97.1 cm³/mol. The monoisotopic (exact) mass is 353 g/mol. The van der Waals surface area contributed by atoms with Gasteiger partial charge in [-0.25, -0.2) is 0 Å². The number of nitrogens with two attached hydrogens (primary N) is 1. The fraction of sp³-hybridized carbons (Fsp3) is 0.211. The van der Waals surface area contributed by atoms with E-state index in [2.05, 4.69) is 5.32 Å². The smallest absolute Gasteiger partial charge is 0.261 e. The molecule has 3 rings (SSSR count). The van der Waals surface area contributed by atoms with Gasteiger partial charge in [0.1, 0.15) is 5.75 Å². The van der Waals surface area contributed by atoms with E-state index >= 15 is 0 Å². The van der Waals surface area contributed by atoms with Crippen molar-refractivity contribution in [2.75, 3.05) is 24.7 Å². The quantitative estimate of drug-likeness (QED) is 0.613. The highest BCUT2D eigenvalue weighted by Crippen LogP contribution is 2.27. The predicted octanol–water partition coefficient (Wildman–Crippen LogP) is 2.29. The molecule has 0 aliphatic carbocycles. The van der Waals surface area contributed by atoms with Gasteiger partial charge in [0, 0.05) is 24.7 Å². The van der Waals surface area contributed by atoms with Crippen molar-refractivity contribution >= 4 is 29.1 Å². The summed E-state index contributed by atoms with van der Waals surface area (Å²) in [6, 6.07) is 11.7. The van der Waals surface area contributed by atoms with Crippen molar-refractivity contribution in [1.82, 2.24) is 4.90 Å². The van der Waals surface area contributed by atoms with Crippen LogP contribution in [0.4, 0.5) is 11.4 Å². The van der Waals surface area contributed by atoms with E-state index in [-0.39, 0.29) is 30.7 Å². The zero-order chi connectivity index (χ0) is 18.7. The zero-order valence-corrected chi connectivity index (χ0v) is 14.3. The number of methoxy groups -OCH3 is 1. The molecule has 134 valence electrons. The fourth-order valence-electron chi connectivity index (χ4n) is 2.86. The van der Waals surface area contributed by atoms with Crippen LogP contribution in [0.3, 0.4) is 0 Å². The van der Waals surface area contributed by atoms with E-state index in [4.69, 9.17) is 10.5 Å². The first-order valence-electron chi connectivity index (χ1n) is 8.20. The van der Waals surface area contributed by atoms with Crippen molar-refractivity contribution in [3.63, 3.8) is 0 Å². The van der Waals surface area contributed by atoms with Crippen molar-refractivity contribution in [2.45, 2.75) is 12.8 Å². The summed E-state index contributed by atoms with van der Waals surface area (Å²) in [6.07, 6.45) is 0.537. The van der Waals surface area contributed by atoms with E-state index in [9.17, 15) is 14.4 Å². The Hall–Kier alpha value is -3.35. The zero-order valence-electron chi connectivity index (χ0n) is 14.3. The number of anilines is 2. The first-order valence-corrected chi connectivity index (χ1v) is 8.20. The van der Waals surface area contributed by atoms with Crippen LogP contribution in [-0.4, -0.2) is 36.3 Å². The maximum absolute atomic E-state index is 12.3. The van der Waals surface area contributed by atoms with Crippen molar-refractivity contribution in [3.05, 3.63) is 53.6 Å². The maximum atomic E-state index is 12.3. The first kappa shape index (κ1) is 17.5. The molecule has 0 aromatic heterocycles. The van der Waals surface area contributed by atoms with Crippen LogP contribution in [0.5, 0.6) is 5.75 Å². The summed E-state index contributed by atoms with van der Waals surface area (Å²) in [4.78, 5) is 37.8. The SMILES string of the molecule is COc1cc(N)ccc1NC(=O)CCCN1C(=O)c2ccccc2C1=O. The van der Waals surface area contributed by atoms with Gasteiger partial charge < -0.3 is 15.8 Å². The van der Waals surface area contributed by atoms with E-state index in [0.29, 0.717) is 34.7 Å². The molecule has 1 aliphatic rings. The molecule has 0 atom stereocenters. The van der Waals surface area contributed by atoms with Crippen LogP contribution in [0.2, 0.25) is 0 Å². The van der Waals surface area contributed by atoms with Crippen molar-refractivity contribution in [3.8, 4) is 5.75 Å². The molecule has 26 heavy (non-hydrogen) atoms. The molecular formula is C19H19N3O4. The van der Waals surface area contributed by atoms with Gasteiger partial charge in [0.25, 0.3) is 11.8 Å². The Morgan fingerprint density at radius 3 is 2.38 bits per heavy atom. The van der Waals surface area contributed by atoms with Crippen LogP contribution >= 0.6 is 0 Å². The molecule has 1 aliphatic heterocycles. The highest BCUT2D eigenvalue weighted by molar-refractivity contribution is 6.21. The number of benzene rings is 2. The van der Waals surface area contributed by atoms with Gasteiger partial charge in [-0.1, -0.05) is 12.1 Å². The van der Waals surface area contributed by atoms with Crippen LogP contribution in [0.1, 0.15) is 33.6 Å². The summed E-state index contributed by atoms with van der Waals surface area (Å²) in [6.45, 7) is 0.193. The van der Waals surface area contributed by atoms with Crippen molar-refractivity contribution < 1.29 is 19.1 Å². The molecule has 0 saturated carbocycles. The summed E-state index contributed by atoms with van der Waals surface area (Å²) in [5, 5.41) is 2.75. The van der Waals surface area contributed by atoms with Crippen LogP contribution in [0.15, 0.2) is 42.5 Å². The molecule has 0 radical (unpaired) electrons. The number of nitrogens with zero attached hydrogens (tertiary/aromatic N) is 1. The van der Waals surface area contributed by atoms with Gasteiger partial charge in [-0.2, -0.15) is 0 Å². The van der Waals surface area contributed by atoms with E-state index in [1.54, 1.807) is 42.5 Å². The van der Waals surface area contributed by atoms with Gasteiger partial charge in [0.2, 0.25) is 5.91 Å². The highest BCUT2D eigenvalue weighted by atomic mass is 16.5. The van der Waals surface area contributed by atoms with Crippen LogP contribution in [0.25, 0.3) is 0 Å². The molecule has 0 bridgehead atoms. The Balaban J connectivity index is 1.55. The van der Waals surface area contributed by atoms with Crippen LogP contribution in [-0.2, 0) is 4.79 Å². The van der Waals surface area contributed by atoms with Gasteiger partial charge in [-0.15, -0.1) is 0 Å². The Bertz CT molecular complexity index is 844. The molecule has 7 nitrogen and oxygen atoms in total. The summed E-state index contributed by atoms with van der Waals surface area (Å²) in [5.41, 5.74) is 7.56. The molecule has 0 saturated heterocycles. The van der Waals surface area contributed by atoms with E-state index in [0.717, 1.165) is 0 Å². The summed E-state index contributed by atoms with van der Waals surface area (Å²) >= 11 is 0. The average Bonchev–Trinajstić information content (AvgIpc) is 2.88. The first-order chi connectivity index (χ1) is 12.5. The lowest BCUT2D eigenvalue weighted by Crippen LogP contribution is -2.31. The minimum absolute atomic E-state index is 0.168. The third kappa shape index (κ3) is 3.37. The molecule has 0 spiro atoms. The summed E-state index contributed by atoms with van der Waals surface area (Å²) in [7, 11) is 1.49. The Labute approximate surface area is 150 Å². The Kier molecular flexibility index (Phi) is 4.88. The molecular weight excluding hydrogens is 334 g/mol. The number of carbonyl (C=O) groups is 3. The Morgan fingerprint density at radius 2 is 1.77 bits per heavy atom. The number of rotatable bonds is 6.